The number of nitrogens with one attached hydrogen (secondary N) is 2. The molecule has 11 nitrogen and oxygen atoms in total. The van der Waals surface area contributed by atoms with E-state index in [9.17, 15) is 34.2 Å². The fourth-order valence-electron chi connectivity index (χ4n) is 4.08. The number of carboxylic acids is 2. The van der Waals surface area contributed by atoms with Gasteiger partial charge in [-0.2, -0.15) is 0 Å². The number of likely N-dealkylation sites (tertiary alicyclic amines) is 1. The second kappa shape index (κ2) is 12.8. The number of aliphatic carboxylic acids is 2. The van der Waals surface area contributed by atoms with Crippen molar-refractivity contribution < 1.29 is 34.2 Å². The summed E-state index contributed by atoms with van der Waals surface area (Å²) < 4.78 is 0. The number of carbonyl (C=O) groups is 5. The van der Waals surface area contributed by atoms with Crippen LogP contribution in [0.2, 0.25) is 0 Å². The third-order valence-corrected chi connectivity index (χ3v) is 5.79. The molecule has 2 rings (SSSR count). The molecule has 192 valence electrons. The maximum atomic E-state index is 13.1. The highest BCUT2D eigenvalue weighted by molar-refractivity contribution is 5.95. The lowest BCUT2D eigenvalue weighted by atomic mass is 10.0. The highest BCUT2D eigenvalue weighted by Crippen LogP contribution is 2.20. The number of hydrogen-bond acceptors (Lipinski definition) is 6. The van der Waals surface area contributed by atoms with Crippen molar-refractivity contribution in [2.24, 2.45) is 11.7 Å². The Morgan fingerprint density at radius 2 is 1.66 bits per heavy atom. The first-order valence-corrected chi connectivity index (χ1v) is 11.6. The van der Waals surface area contributed by atoms with E-state index < -0.39 is 60.2 Å². The number of benzene rings is 1. The molecule has 11 heteroatoms. The molecule has 1 aromatic rings. The molecule has 1 aromatic carbocycles. The number of carboxylic acid groups (broad SMARTS) is 2. The van der Waals surface area contributed by atoms with Gasteiger partial charge in [-0.25, -0.2) is 4.79 Å². The normalized spacial score (nSPS) is 17.9. The van der Waals surface area contributed by atoms with Gasteiger partial charge in [0, 0.05) is 6.54 Å². The molecule has 0 spiro atoms. The molecular formula is C24H34N4O7. The van der Waals surface area contributed by atoms with Crippen molar-refractivity contribution in [3.63, 3.8) is 0 Å². The Morgan fingerprint density at radius 1 is 1.03 bits per heavy atom. The smallest absolute Gasteiger partial charge is 0.326 e. The van der Waals surface area contributed by atoms with Crippen molar-refractivity contribution in [1.29, 1.82) is 0 Å². The van der Waals surface area contributed by atoms with Crippen molar-refractivity contribution in [2.45, 2.75) is 70.1 Å². The zero-order valence-corrected chi connectivity index (χ0v) is 20.0. The summed E-state index contributed by atoms with van der Waals surface area (Å²) in [5, 5.41) is 23.6. The number of rotatable bonds is 12. The predicted octanol–water partition coefficient (Wildman–Crippen LogP) is 0.122. The molecular weight excluding hydrogens is 456 g/mol. The standard InChI is InChI=1S/C24H34N4O7/c1-14(2)11-18(23(33)28-10-6-9-19(28)24(34)35)27-22(32)17(13-20(29)30)26-21(31)16(25)12-15-7-4-3-5-8-15/h3-5,7-8,14,16-19H,6,9-13,25H2,1-2H3,(H,26,31)(H,27,32)(H,29,30)(H,34,35). The molecule has 3 amide bonds. The average molecular weight is 491 g/mol. The molecule has 0 aromatic heterocycles. The van der Waals surface area contributed by atoms with Crippen LogP contribution in [0.25, 0.3) is 0 Å². The summed E-state index contributed by atoms with van der Waals surface area (Å²) in [5.41, 5.74) is 6.76. The van der Waals surface area contributed by atoms with Crippen LogP contribution < -0.4 is 16.4 Å². The number of amides is 3. The van der Waals surface area contributed by atoms with Crippen LogP contribution >= 0.6 is 0 Å². The van der Waals surface area contributed by atoms with E-state index in [1.165, 1.54) is 4.90 Å². The third-order valence-electron chi connectivity index (χ3n) is 5.79. The predicted molar refractivity (Wildman–Crippen MR) is 126 cm³/mol. The maximum Gasteiger partial charge on any atom is 0.326 e. The van der Waals surface area contributed by atoms with Crippen LogP contribution in [0.15, 0.2) is 30.3 Å². The highest BCUT2D eigenvalue weighted by atomic mass is 16.4. The van der Waals surface area contributed by atoms with Crippen LogP contribution in [-0.4, -0.2) is 75.5 Å². The van der Waals surface area contributed by atoms with E-state index in [0.29, 0.717) is 12.8 Å². The van der Waals surface area contributed by atoms with Crippen LogP contribution in [0, 0.1) is 5.92 Å². The summed E-state index contributed by atoms with van der Waals surface area (Å²) >= 11 is 0. The maximum absolute atomic E-state index is 13.1. The Kier molecular flexibility index (Phi) is 10.2. The summed E-state index contributed by atoms with van der Waals surface area (Å²) in [6, 6.07) is 4.47. The van der Waals surface area contributed by atoms with E-state index in [0.717, 1.165) is 5.56 Å². The molecule has 1 fully saturated rings. The molecule has 1 aliphatic heterocycles. The lowest BCUT2D eigenvalue weighted by molar-refractivity contribution is -0.150. The molecule has 0 radical (unpaired) electrons. The lowest BCUT2D eigenvalue weighted by Crippen LogP contribution is -2.57. The summed E-state index contributed by atoms with van der Waals surface area (Å²) in [7, 11) is 0. The number of nitrogens with zero attached hydrogens (tertiary/aromatic N) is 1. The fourth-order valence-corrected chi connectivity index (χ4v) is 4.08. The van der Waals surface area contributed by atoms with Gasteiger partial charge in [0.15, 0.2) is 0 Å². The average Bonchev–Trinajstić information content (AvgIpc) is 3.28. The minimum atomic E-state index is -1.46. The van der Waals surface area contributed by atoms with E-state index in [-0.39, 0.29) is 25.3 Å². The fraction of sp³-hybridized carbons (Fsp3) is 0.542. The van der Waals surface area contributed by atoms with Gasteiger partial charge in [0.2, 0.25) is 17.7 Å². The number of carbonyl (C=O) groups excluding carboxylic acids is 3. The second-order valence-corrected chi connectivity index (χ2v) is 9.17. The Labute approximate surface area is 204 Å². The van der Waals surface area contributed by atoms with Gasteiger partial charge < -0.3 is 31.5 Å². The van der Waals surface area contributed by atoms with Crippen LogP contribution in [0.4, 0.5) is 0 Å². The molecule has 4 atom stereocenters. The first kappa shape index (κ1) is 27.8. The lowest BCUT2D eigenvalue weighted by Gasteiger charge is -2.29. The second-order valence-electron chi connectivity index (χ2n) is 9.17. The Balaban J connectivity index is 2.13. The molecule has 0 saturated carbocycles. The molecule has 0 aliphatic carbocycles. The van der Waals surface area contributed by atoms with E-state index in [4.69, 9.17) is 5.73 Å². The summed E-state index contributed by atoms with van der Waals surface area (Å²) in [5.74, 6) is -4.56. The first-order chi connectivity index (χ1) is 16.5. The summed E-state index contributed by atoms with van der Waals surface area (Å²) in [6.07, 6.45) is 0.547. The van der Waals surface area contributed by atoms with Gasteiger partial charge in [-0.15, -0.1) is 0 Å². The van der Waals surface area contributed by atoms with Gasteiger partial charge in [0.1, 0.15) is 18.1 Å². The van der Waals surface area contributed by atoms with Crippen molar-refractivity contribution in [1.82, 2.24) is 15.5 Å². The zero-order chi connectivity index (χ0) is 26.1. The zero-order valence-electron chi connectivity index (χ0n) is 20.0. The summed E-state index contributed by atoms with van der Waals surface area (Å²) in [4.78, 5) is 62.9. The van der Waals surface area contributed by atoms with Gasteiger partial charge >= 0.3 is 11.9 Å². The molecule has 35 heavy (non-hydrogen) atoms. The molecule has 1 aliphatic rings. The van der Waals surface area contributed by atoms with Crippen LogP contribution in [0.3, 0.4) is 0 Å². The minimum absolute atomic E-state index is 0.0260. The van der Waals surface area contributed by atoms with E-state index in [2.05, 4.69) is 10.6 Å². The van der Waals surface area contributed by atoms with Gasteiger partial charge in [0.25, 0.3) is 0 Å². The highest BCUT2D eigenvalue weighted by Gasteiger charge is 2.38. The van der Waals surface area contributed by atoms with E-state index >= 15 is 0 Å². The molecule has 4 unspecified atom stereocenters. The van der Waals surface area contributed by atoms with Crippen molar-refractivity contribution in [2.75, 3.05) is 6.54 Å². The van der Waals surface area contributed by atoms with Crippen LogP contribution in [-0.2, 0) is 30.4 Å². The van der Waals surface area contributed by atoms with Gasteiger partial charge in [-0.1, -0.05) is 44.2 Å². The van der Waals surface area contributed by atoms with Crippen molar-refractivity contribution in [3.8, 4) is 0 Å². The number of nitrogens with two attached hydrogens (primary N) is 1. The number of hydrogen-bond donors (Lipinski definition) is 5. The van der Waals surface area contributed by atoms with Crippen molar-refractivity contribution in [3.05, 3.63) is 35.9 Å². The van der Waals surface area contributed by atoms with E-state index in [1.807, 2.05) is 19.9 Å². The Hall–Kier alpha value is -3.47. The topological polar surface area (TPSA) is 179 Å². The van der Waals surface area contributed by atoms with Crippen LogP contribution in [0.1, 0.15) is 45.1 Å². The van der Waals surface area contributed by atoms with Gasteiger partial charge in [-0.05, 0) is 37.2 Å². The van der Waals surface area contributed by atoms with Crippen LogP contribution in [0.5, 0.6) is 0 Å². The largest absolute Gasteiger partial charge is 0.481 e. The Bertz CT molecular complexity index is 922. The van der Waals surface area contributed by atoms with Gasteiger partial charge in [0.05, 0.1) is 12.5 Å². The SMILES string of the molecule is CC(C)CC(NC(=O)C(CC(=O)O)NC(=O)C(N)Cc1ccccc1)C(=O)N1CCCC1C(=O)O. The first-order valence-electron chi connectivity index (χ1n) is 11.6. The Morgan fingerprint density at radius 3 is 2.23 bits per heavy atom. The van der Waals surface area contributed by atoms with Gasteiger partial charge in [-0.3, -0.25) is 19.2 Å². The molecule has 6 N–H and O–H groups in total. The third kappa shape index (κ3) is 8.36. The quantitative estimate of drug-likeness (QED) is 0.274. The monoisotopic (exact) mass is 490 g/mol. The molecule has 1 heterocycles. The molecule has 0 bridgehead atoms. The minimum Gasteiger partial charge on any atom is -0.481 e. The van der Waals surface area contributed by atoms with Crippen molar-refractivity contribution >= 4 is 29.7 Å². The molecule has 1 saturated heterocycles. The summed E-state index contributed by atoms with van der Waals surface area (Å²) in [6.45, 7) is 3.93. The van der Waals surface area contributed by atoms with E-state index in [1.54, 1.807) is 24.3 Å².